The van der Waals surface area contributed by atoms with Crippen molar-refractivity contribution in [3.63, 3.8) is 0 Å². The van der Waals surface area contributed by atoms with Crippen LogP contribution in [-0.4, -0.2) is 19.7 Å². The van der Waals surface area contributed by atoms with Gasteiger partial charge in [0.2, 0.25) is 0 Å². The molecule has 0 radical (unpaired) electrons. The zero-order valence-corrected chi connectivity index (χ0v) is 16.2. The minimum absolute atomic E-state index is 0.652. The molecule has 3 aromatic carbocycles. The SMILES string of the molecule is CCNCCOc1ccc(/C(=C(/Cl)c2ccccc2)c2ccccc2)cc1. The molecule has 3 aromatic rings. The summed E-state index contributed by atoms with van der Waals surface area (Å²) in [6.07, 6.45) is 0. The van der Waals surface area contributed by atoms with Gasteiger partial charge < -0.3 is 10.1 Å². The van der Waals surface area contributed by atoms with Gasteiger partial charge in [-0.2, -0.15) is 0 Å². The van der Waals surface area contributed by atoms with Gasteiger partial charge in [-0.15, -0.1) is 0 Å². The first kappa shape index (κ1) is 19.2. The molecule has 27 heavy (non-hydrogen) atoms. The molecule has 0 atom stereocenters. The molecule has 0 fully saturated rings. The quantitative estimate of drug-likeness (QED) is 0.394. The third-order valence-corrected chi connectivity index (χ3v) is 4.66. The molecule has 0 aliphatic heterocycles. The molecule has 0 heterocycles. The van der Waals surface area contributed by atoms with Gasteiger partial charge in [-0.05, 0) is 35.4 Å². The van der Waals surface area contributed by atoms with E-state index in [1.807, 2.05) is 60.7 Å². The van der Waals surface area contributed by atoms with E-state index in [2.05, 4.69) is 36.5 Å². The monoisotopic (exact) mass is 377 g/mol. The van der Waals surface area contributed by atoms with E-state index in [1.165, 1.54) is 0 Å². The van der Waals surface area contributed by atoms with Gasteiger partial charge in [0.15, 0.2) is 0 Å². The smallest absolute Gasteiger partial charge is 0.119 e. The lowest BCUT2D eigenvalue weighted by Crippen LogP contribution is -2.20. The first-order valence-corrected chi connectivity index (χ1v) is 9.62. The molecule has 0 aliphatic carbocycles. The normalized spacial score (nSPS) is 11.8. The van der Waals surface area contributed by atoms with Crippen molar-refractivity contribution in [1.82, 2.24) is 5.32 Å². The summed E-state index contributed by atoms with van der Waals surface area (Å²) in [6.45, 7) is 4.53. The summed E-state index contributed by atoms with van der Waals surface area (Å²) in [5, 5.41) is 3.99. The Morgan fingerprint density at radius 3 is 1.93 bits per heavy atom. The second-order valence-corrected chi connectivity index (χ2v) is 6.53. The lowest BCUT2D eigenvalue weighted by Gasteiger charge is -2.13. The molecule has 0 unspecified atom stereocenters. The third-order valence-electron chi connectivity index (χ3n) is 4.25. The second-order valence-electron chi connectivity index (χ2n) is 6.15. The standard InChI is InChI=1S/C24H24ClNO/c1-2-26-17-18-27-22-15-13-20(14-16-22)23(19-9-5-3-6-10-19)24(25)21-11-7-4-8-12-21/h3-16,26H,2,17-18H2,1H3/b24-23+. The fourth-order valence-corrected chi connectivity index (χ4v) is 3.23. The highest BCUT2D eigenvalue weighted by atomic mass is 35.5. The van der Waals surface area contributed by atoms with Gasteiger partial charge in [-0.3, -0.25) is 0 Å². The van der Waals surface area contributed by atoms with E-state index in [1.54, 1.807) is 0 Å². The number of hydrogen-bond acceptors (Lipinski definition) is 2. The summed E-state index contributed by atoms with van der Waals surface area (Å²) < 4.78 is 5.78. The molecule has 0 saturated heterocycles. The minimum atomic E-state index is 0.652. The number of benzene rings is 3. The lowest BCUT2D eigenvalue weighted by atomic mass is 9.95. The average molecular weight is 378 g/mol. The second kappa shape index (κ2) is 9.96. The number of rotatable bonds is 8. The number of nitrogens with one attached hydrogen (secondary N) is 1. The zero-order valence-electron chi connectivity index (χ0n) is 15.5. The van der Waals surface area contributed by atoms with Crippen molar-refractivity contribution in [2.24, 2.45) is 0 Å². The summed E-state index contributed by atoms with van der Waals surface area (Å²) in [4.78, 5) is 0. The van der Waals surface area contributed by atoms with E-state index < -0.39 is 0 Å². The molecule has 0 amide bonds. The van der Waals surface area contributed by atoms with Crippen LogP contribution in [0.15, 0.2) is 84.9 Å². The molecule has 0 saturated carbocycles. The van der Waals surface area contributed by atoms with Gasteiger partial charge in [-0.25, -0.2) is 0 Å². The topological polar surface area (TPSA) is 21.3 Å². The molecule has 2 nitrogen and oxygen atoms in total. The molecular weight excluding hydrogens is 354 g/mol. The Kier molecular flexibility index (Phi) is 7.09. The van der Waals surface area contributed by atoms with Crippen molar-refractivity contribution in [2.45, 2.75) is 6.92 Å². The van der Waals surface area contributed by atoms with Gasteiger partial charge in [0.25, 0.3) is 0 Å². The van der Waals surface area contributed by atoms with Gasteiger partial charge in [-0.1, -0.05) is 91.3 Å². The fourth-order valence-electron chi connectivity index (χ4n) is 2.89. The van der Waals surface area contributed by atoms with Crippen LogP contribution < -0.4 is 10.1 Å². The molecular formula is C24H24ClNO. The summed E-state index contributed by atoms with van der Waals surface area (Å²) >= 11 is 6.84. The predicted molar refractivity (Wildman–Crippen MR) is 115 cm³/mol. The van der Waals surface area contributed by atoms with E-state index >= 15 is 0 Å². The summed E-state index contributed by atoms with van der Waals surface area (Å²) in [5.41, 5.74) is 4.17. The van der Waals surface area contributed by atoms with Crippen LogP contribution in [0.4, 0.5) is 0 Å². The Hall–Kier alpha value is -2.55. The van der Waals surface area contributed by atoms with Crippen molar-refractivity contribution in [3.8, 4) is 5.75 Å². The minimum Gasteiger partial charge on any atom is -0.492 e. The zero-order chi connectivity index (χ0) is 18.9. The summed E-state index contributed by atoms with van der Waals surface area (Å²) in [7, 11) is 0. The first-order valence-electron chi connectivity index (χ1n) is 9.24. The molecule has 138 valence electrons. The van der Waals surface area contributed by atoms with E-state index in [-0.39, 0.29) is 0 Å². The van der Waals surface area contributed by atoms with Gasteiger partial charge in [0.05, 0.1) is 5.03 Å². The maximum absolute atomic E-state index is 6.84. The van der Waals surface area contributed by atoms with Crippen LogP contribution in [-0.2, 0) is 0 Å². The largest absolute Gasteiger partial charge is 0.492 e. The van der Waals surface area contributed by atoms with Crippen LogP contribution in [0.1, 0.15) is 23.6 Å². The highest BCUT2D eigenvalue weighted by Crippen LogP contribution is 2.35. The highest BCUT2D eigenvalue weighted by molar-refractivity contribution is 6.53. The van der Waals surface area contributed by atoms with Gasteiger partial charge in [0, 0.05) is 12.1 Å². The Bertz CT molecular complexity index is 858. The van der Waals surface area contributed by atoms with Crippen molar-refractivity contribution < 1.29 is 4.74 Å². The van der Waals surface area contributed by atoms with Crippen molar-refractivity contribution >= 4 is 22.2 Å². The maximum atomic E-state index is 6.84. The van der Waals surface area contributed by atoms with Gasteiger partial charge in [0.1, 0.15) is 12.4 Å². The molecule has 0 aliphatic rings. The van der Waals surface area contributed by atoms with Crippen LogP contribution in [0.3, 0.4) is 0 Å². The summed E-state index contributed by atoms with van der Waals surface area (Å²) in [5.74, 6) is 0.861. The number of halogens is 1. The molecule has 3 heteroatoms. The highest BCUT2D eigenvalue weighted by Gasteiger charge is 2.12. The van der Waals surface area contributed by atoms with E-state index in [4.69, 9.17) is 16.3 Å². The summed E-state index contributed by atoms with van der Waals surface area (Å²) in [6, 6.07) is 28.4. The molecule has 3 rings (SSSR count). The Morgan fingerprint density at radius 1 is 0.778 bits per heavy atom. The van der Waals surface area contributed by atoms with E-state index in [0.29, 0.717) is 6.61 Å². The fraction of sp³-hybridized carbons (Fsp3) is 0.167. The molecule has 1 N–H and O–H groups in total. The van der Waals surface area contributed by atoms with Crippen LogP contribution in [0.25, 0.3) is 10.6 Å². The Morgan fingerprint density at radius 2 is 1.33 bits per heavy atom. The Labute approximate surface area is 166 Å². The van der Waals surface area contributed by atoms with Crippen LogP contribution in [0.2, 0.25) is 0 Å². The number of likely N-dealkylation sites (N-methyl/N-ethyl adjacent to an activating group) is 1. The average Bonchev–Trinajstić information content (AvgIpc) is 2.74. The molecule has 0 aromatic heterocycles. The number of ether oxygens (including phenoxy) is 1. The van der Waals surface area contributed by atoms with E-state index in [9.17, 15) is 0 Å². The van der Waals surface area contributed by atoms with Gasteiger partial charge >= 0.3 is 0 Å². The van der Waals surface area contributed by atoms with Crippen molar-refractivity contribution in [1.29, 1.82) is 0 Å². The van der Waals surface area contributed by atoms with Crippen LogP contribution in [0, 0.1) is 0 Å². The predicted octanol–water partition coefficient (Wildman–Crippen LogP) is 5.83. The van der Waals surface area contributed by atoms with Crippen LogP contribution >= 0.6 is 11.6 Å². The molecule has 0 spiro atoms. The lowest BCUT2D eigenvalue weighted by molar-refractivity contribution is 0.315. The maximum Gasteiger partial charge on any atom is 0.119 e. The molecule has 0 bridgehead atoms. The Balaban J connectivity index is 1.92. The van der Waals surface area contributed by atoms with Crippen molar-refractivity contribution in [3.05, 3.63) is 102 Å². The van der Waals surface area contributed by atoms with Crippen LogP contribution in [0.5, 0.6) is 5.75 Å². The van der Waals surface area contributed by atoms with E-state index in [0.717, 1.165) is 46.1 Å². The number of hydrogen-bond donors (Lipinski definition) is 1. The van der Waals surface area contributed by atoms with Crippen molar-refractivity contribution in [2.75, 3.05) is 19.7 Å². The first-order chi connectivity index (χ1) is 13.3. The third kappa shape index (κ3) is 5.22.